The van der Waals surface area contributed by atoms with Gasteiger partial charge in [0.15, 0.2) is 5.78 Å². The number of carbonyl (C=O) groups is 3. The van der Waals surface area contributed by atoms with Crippen LogP contribution < -0.4 is 9.80 Å². The van der Waals surface area contributed by atoms with Gasteiger partial charge in [0.25, 0.3) is 0 Å². The summed E-state index contributed by atoms with van der Waals surface area (Å²) in [6.07, 6.45) is 3.97. The van der Waals surface area contributed by atoms with Gasteiger partial charge in [0.1, 0.15) is 6.04 Å². The molecule has 0 N–H and O–H groups in total. The summed E-state index contributed by atoms with van der Waals surface area (Å²) < 4.78 is 0. The second-order valence-corrected chi connectivity index (χ2v) is 8.43. The second kappa shape index (κ2) is 6.38. The molecule has 3 aromatic rings. The standard InChI is InChI=1S/C26H20N2O3/c1-15(29)24-23-22(21-14-13-17-8-3-5-11-19(17)27(21)24)25(30)28(26(23)31)20-12-6-9-16-7-2-4-10-18(16)20/h2-14,21-24H,1H3/t21-,22+,23-,24-/m1/s1. The van der Waals surface area contributed by atoms with E-state index in [-0.39, 0.29) is 23.6 Å². The largest absolute Gasteiger partial charge is 0.353 e. The Morgan fingerprint density at radius 1 is 0.806 bits per heavy atom. The molecule has 0 aliphatic carbocycles. The zero-order chi connectivity index (χ0) is 21.3. The van der Waals surface area contributed by atoms with E-state index in [9.17, 15) is 14.4 Å². The summed E-state index contributed by atoms with van der Waals surface area (Å²) >= 11 is 0. The van der Waals surface area contributed by atoms with Crippen molar-refractivity contribution in [3.8, 4) is 0 Å². The molecular formula is C26H20N2O3. The van der Waals surface area contributed by atoms with Crippen molar-refractivity contribution in [1.82, 2.24) is 0 Å². The first kappa shape index (κ1) is 18.1. The van der Waals surface area contributed by atoms with Gasteiger partial charge in [-0.25, -0.2) is 4.90 Å². The van der Waals surface area contributed by atoms with Crippen LogP contribution in [-0.4, -0.2) is 29.7 Å². The zero-order valence-corrected chi connectivity index (χ0v) is 16.9. The Hall–Kier alpha value is -3.73. The number of Topliss-reactive ketones (excluding diaryl/α,β-unsaturated/α-hetero) is 1. The summed E-state index contributed by atoms with van der Waals surface area (Å²) in [4.78, 5) is 43.5. The molecule has 5 heteroatoms. The average Bonchev–Trinajstić information content (AvgIpc) is 3.26. The molecule has 6 rings (SSSR count). The number of hydrogen-bond acceptors (Lipinski definition) is 4. The quantitative estimate of drug-likeness (QED) is 0.605. The molecule has 2 amide bonds. The van der Waals surface area contributed by atoms with Crippen LogP contribution in [0.5, 0.6) is 0 Å². The highest BCUT2D eigenvalue weighted by Gasteiger charge is 2.63. The summed E-state index contributed by atoms with van der Waals surface area (Å²) in [7, 11) is 0. The fourth-order valence-corrected chi connectivity index (χ4v) is 5.61. The molecule has 3 aliphatic rings. The van der Waals surface area contributed by atoms with Gasteiger partial charge in [-0.3, -0.25) is 14.4 Å². The van der Waals surface area contributed by atoms with Crippen LogP contribution in [0.4, 0.5) is 11.4 Å². The van der Waals surface area contributed by atoms with E-state index in [2.05, 4.69) is 0 Å². The Morgan fingerprint density at radius 2 is 1.48 bits per heavy atom. The van der Waals surface area contributed by atoms with Gasteiger partial charge in [-0.2, -0.15) is 0 Å². The number of fused-ring (bicyclic) bond motifs is 6. The Kier molecular flexibility index (Phi) is 3.72. The summed E-state index contributed by atoms with van der Waals surface area (Å²) in [5, 5.41) is 1.82. The Morgan fingerprint density at radius 3 is 2.32 bits per heavy atom. The highest BCUT2D eigenvalue weighted by atomic mass is 16.2. The molecule has 4 atom stereocenters. The zero-order valence-electron chi connectivity index (χ0n) is 16.9. The molecule has 3 heterocycles. The molecule has 3 aromatic carbocycles. The second-order valence-electron chi connectivity index (χ2n) is 8.43. The van der Waals surface area contributed by atoms with Crippen LogP contribution in [0.3, 0.4) is 0 Å². The normalized spacial score (nSPS) is 26.2. The molecule has 0 spiro atoms. The first-order valence-electron chi connectivity index (χ1n) is 10.5. The maximum atomic E-state index is 13.7. The number of rotatable bonds is 2. The van der Waals surface area contributed by atoms with Gasteiger partial charge in [-0.1, -0.05) is 66.7 Å². The maximum Gasteiger partial charge on any atom is 0.240 e. The minimum Gasteiger partial charge on any atom is -0.353 e. The van der Waals surface area contributed by atoms with Crippen molar-refractivity contribution in [2.45, 2.75) is 19.0 Å². The fraction of sp³-hybridized carbons (Fsp3) is 0.192. The number of benzene rings is 3. The van der Waals surface area contributed by atoms with E-state index in [1.54, 1.807) is 0 Å². The molecular weight excluding hydrogens is 388 g/mol. The van der Waals surface area contributed by atoms with Crippen molar-refractivity contribution in [2.75, 3.05) is 9.80 Å². The van der Waals surface area contributed by atoms with Crippen molar-refractivity contribution in [3.63, 3.8) is 0 Å². The molecule has 0 bridgehead atoms. The fourth-order valence-electron chi connectivity index (χ4n) is 5.61. The van der Waals surface area contributed by atoms with Crippen molar-refractivity contribution in [3.05, 3.63) is 78.4 Å². The molecule has 0 aromatic heterocycles. The van der Waals surface area contributed by atoms with Gasteiger partial charge in [0, 0.05) is 11.1 Å². The molecule has 31 heavy (non-hydrogen) atoms. The lowest BCUT2D eigenvalue weighted by Gasteiger charge is -2.36. The highest BCUT2D eigenvalue weighted by molar-refractivity contribution is 6.27. The molecule has 3 aliphatic heterocycles. The van der Waals surface area contributed by atoms with Gasteiger partial charge in [0.05, 0.1) is 23.6 Å². The molecule has 2 saturated heterocycles. The minimum atomic E-state index is -0.690. The smallest absolute Gasteiger partial charge is 0.240 e. The third kappa shape index (κ3) is 2.34. The molecule has 0 saturated carbocycles. The molecule has 5 nitrogen and oxygen atoms in total. The summed E-state index contributed by atoms with van der Waals surface area (Å²) in [6.45, 7) is 1.52. The Balaban J connectivity index is 1.50. The minimum absolute atomic E-state index is 0.0940. The van der Waals surface area contributed by atoms with E-state index in [1.807, 2.05) is 83.8 Å². The molecule has 152 valence electrons. The number of carbonyl (C=O) groups excluding carboxylic acids is 3. The van der Waals surface area contributed by atoms with Crippen molar-refractivity contribution in [2.24, 2.45) is 11.8 Å². The van der Waals surface area contributed by atoms with Crippen molar-refractivity contribution in [1.29, 1.82) is 0 Å². The van der Waals surface area contributed by atoms with Gasteiger partial charge < -0.3 is 4.90 Å². The lowest BCUT2D eigenvalue weighted by atomic mass is 9.88. The number of nitrogens with zero attached hydrogens (tertiary/aromatic N) is 2. The van der Waals surface area contributed by atoms with Crippen LogP contribution in [0.25, 0.3) is 16.8 Å². The van der Waals surface area contributed by atoms with E-state index in [0.29, 0.717) is 5.69 Å². The summed E-state index contributed by atoms with van der Waals surface area (Å²) in [5.41, 5.74) is 2.49. The van der Waals surface area contributed by atoms with E-state index < -0.39 is 17.9 Å². The number of hydrogen-bond donors (Lipinski definition) is 0. The SMILES string of the molecule is CC(=O)[C@@H]1[C@@H]2C(=O)N(c3cccc4ccccc34)C(=O)[C@H]2[C@H]2C=Cc3ccccc3N21. The number of ketones is 1. The van der Waals surface area contributed by atoms with Crippen LogP contribution in [0.2, 0.25) is 0 Å². The van der Waals surface area contributed by atoms with Gasteiger partial charge >= 0.3 is 0 Å². The van der Waals surface area contributed by atoms with Gasteiger partial charge in [-0.15, -0.1) is 0 Å². The van der Waals surface area contributed by atoms with E-state index >= 15 is 0 Å². The topological polar surface area (TPSA) is 57.7 Å². The number of amides is 2. The lowest BCUT2D eigenvalue weighted by Crippen LogP contribution is -2.48. The maximum absolute atomic E-state index is 13.7. The van der Waals surface area contributed by atoms with E-state index in [0.717, 1.165) is 22.0 Å². The lowest BCUT2D eigenvalue weighted by molar-refractivity contribution is -0.126. The number of anilines is 2. The average molecular weight is 408 g/mol. The molecule has 2 fully saturated rings. The third-order valence-electron chi connectivity index (χ3n) is 6.84. The van der Waals surface area contributed by atoms with Gasteiger partial charge in [0.2, 0.25) is 11.8 Å². The Bertz CT molecular complexity index is 1310. The van der Waals surface area contributed by atoms with Gasteiger partial charge in [-0.05, 0) is 30.0 Å². The van der Waals surface area contributed by atoms with Crippen LogP contribution in [0.1, 0.15) is 12.5 Å². The molecule has 0 radical (unpaired) electrons. The number of para-hydroxylation sites is 1. The summed E-state index contributed by atoms with van der Waals surface area (Å²) in [5.74, 6) is -1.88. The predicted octanol–water partition coefficient (Wildman–Crippen LogP) is 3.82. The first-order chi connectivity index (χ1) is 15.1. The monoisotopic (exact) mass is 408 g/mol. The predicted molar refractivity (Wildman–Crippen MR) is 120 cm³/mol. The Labute approximate surface area is 179 Å². The third-order valence-corrected chi connectivity index (χ3v) is 6.84. The van der Waals surface area contributed by atoms with E-state index in [1.165, 1.54) is 11.8 Å². The molecule has 0 unspecified atom stereocenters. The van der Waals surface area contributed by atoms with Crippen molar-refractivity contribution >= 4 is 45.8 Å². The van der Waals surface area contributed by atoms with Crippen molar-refractivity contribution < 1.29 is 14.4 Å². The van der Waals surface area contributed by atoms with Crippen LogP contribution in [0.15, 0.2) is 72.8 Å². The first-order valence-corrected chi connectivity index (χ1v) is 10.5. The number of imide groups is 1. The highest BCUT2D eigenvalue weighted by Crippen LogP contribution is 2.49. The van der Waals surface area contributed by atoms with Crippen LogP contribution >= 0.6 is 0 Å². The summed E-state index contributed by atoms with van der Waals surface area (Å²) in [6, 6.07) is 20.2. The van der Waals surface area contributed by atoms with Crippen LogP contribution in [-0.2, 0) is 14.4 Å². The van der Waals surface area contributed by atoms with Crippen LogP contribution in [0, 0.1) is 11.8 Å². The van der Waals surface area contributed by atoms with E-state index in [4.69, 9.17) is 0 Å².